The van der Waals surface area contributed by atoms with E-state index < -0.39 is 44.3 Å². The first-order valence-corrected chi connectivity index (χ1v) is 17.4. The normalized spacial score (nSPS) is 15.2. The van der Waals surface area contributed by atoms with Gasteiger partial charge >= 0.3 is 22.4 Å². The van der Waals surface area contributed by atoms with E-state index in [4.69, 9.17) is 21.5 Å². The molecule has 18 heteroatoms. The fraction of sp³-hybridized carbons (Fsp3) is 0.300. The summed E-state index contributed by atoms with van der Waals surface area (Å²) < 4.78 is 89.7. The number of sulfonamides is 1. The molecule has 1 saturated heterocycles. The number of carboxylic acids is 1. The van der Waals surface area contributed by atoms with Crippen molar-refractivity contribution in [1.29, 1.82) is 0 Å². The van der Waals surface area contributed by atoms with Crippen molar-refractivity contribution in [3.8, 4) is 0 Å². The molecule has 5 rings (SSSR count). The summed E-state index contributed by atoms with van der Waals surface area (Å²) in [5.74, 6) is -2.99. The minimum atomic E-state index is -5.08. The Morgan fingerprint density at radius 1 is 1.06 bits per heavy atom. The largest absolute Gasteiger partial charge is 0.490 e. The third kappa shape index (κ3) is 7.91. The molecule has 0 spiro atoms. The molecular formula is C30H31ClF3N5O7S2. The molecule has 1 aliphatic heterocycles. The number of carbonyl (C=O) groups excluding carboxylic acids is 1. The molecule has 0 bridgehead atoms. The maximum atomic E-state index is 13.8. The average Bonchev–Trinajstić information content (AvgIpc) is 3.51. The van der Waals surface area contributed by atoms with Gasteiger partial charge in [0.2, 0.25) is 10.0 Å². The highest BCUT2D eigenvalue weighted by Gasteiger charge is 2.38. The van der Waals surface area contributed by atoms with Crippen LogP contribution in [0.3, 0.4) is 0 Å². The molecule has 4 N–H and O–H groups in total. The van der Waals surface area contributed by atoms with Crippen molar-refractivity contribution in [2.45, 2.75) is 58.2 Å². The number of benzene rings is 3. The summed E-state index contributed by atoms with van der Waals surface area (Å²) in [5.41, 5.74) is 6.76. The third-order valence-electron chi connectivity index (χ3n) is 7.79. The number of fused-ring (bicyclic) bond motifs is 1. The van der Waals surface area contributed by atoms with Gasteiger partial charge in [-0.05, 0) is 105 Å². The van der Waals surface area contributed by atoms with E-state index >= 15 is 0 Å². The van der Waals surface area contributed by atoms with Crippen LogP contribution in [0.2, 0.25) is 5.02 Å². The molecule has 0 saturated carbocycles. The fourth-order valence-electron chi connectivity index (χ4n) is 4.98. The van der Waals surface area contributed by atoms with Crippen LogP contribution in [-0.4, -0.2) is 56.5 Å². The van der Waals surface area contributed by atoms with Gasteiger partial charge in [0.15, 0.2) is 0 Å². The smallest absolute Gasteiger partial charge is 0.475 e. The van der Waals surface area contributed by atoms with E-state index in [0.29, 0.717) is 22.5 Å². The predicted octanol–water partition coefficient (Wildman–Crippen LogP) is 4.84. The van der Waals surface area contributed by atoms with Crippen molar-refractivity contribution in [2.24, 2.45) is 0 Å². The number of aromatic amines is 1. The summed E-state index contributed by atoms with van der Waals surface area (Å²) in [6, 6.07) is 11.3. The highest BCUT2D eigenvalue weighted by Crippen LogP contribution is 2.33. The number of aromatic nitrogens is 2. The van der Waals surface area contributed by atoms with E-state index in [2.05, 4.69) is 14.7 Å². The van der Waals surface area contributed by atoms with Crippen LogP contribution in [0.15, 0.2) is 47.4 Å². The summed E-state index contributed by atoms with van der Waals surface area (Å²) in [7, 11) is -8.03. The number of hydrogen-bond donors (Lipinski definition) is 4. The van der Waals surface area contributed by atoms with Crippen LogP contribution in [0.5, 0.6) is 0 Å². The van der Waals surface area contributed by atoms with Gasteiger partial charge < -0.3 is 10.1 Å². The topological polar surface area (TPSA) is 179 Å². The van der Waals surface area contributed by atoms with Gasteiger partial charge in [0.25, 0.3) is 5.91 Å². The highest BCUT2D eigenvalue weighted by molar-refractivity contribution is 7.92. The number of rotatable bonds is 7. The number of alkyl halides is 3. The van der Waals surface area contributed by atoms with Crippen molar-refractivity contribution in [3.63, 3.8) is 0 Å². The van der Waals surface area contributed by atoms with Gasteiger partial charge in [-0.25, -0.2) is 31.9 Å². The average molecular weight is 730 g/mol. The number of aliphatic carboxylic acids is 1. The molecule has 1 aliphatic rings. The van der Waals surface area contributed by atoms with Crippen LogP contribution in [0, 0.1) is 34.6 Å². The maximum Gasteiger partial charge on any atom is 0.490 e. The first-order chi connectivity index (χ1) is 22.1. The summed E-state index contributed by atoms with van der Waals surface area (Å²) >= 11 is 6.49. The quantitative estimate of drug-likeness (QED) is 0.209. The van der Waals surface area contributed by atoms with Gasteiger partial charge in [0.05, 0.1) is 32.7 Å². The van der Waals surface area contributed by atoms with Gasteiger partial charge in [-0.2, -0.15) is 21.6 Å². The number of hydrogen-bond acceptors (Lipinski definition) is 7. The van der Waals surface area contributed by atoms with Crippen molar-refractivity contribution >= 4 is 60.4 Å². The van der Waals surface area contributed by atoms with Crippen LogP contribution < -0.4 is 13.7 Å². The first-order valence-electron chi connectivity index (χ1n) is 14.1. The molecule has 1 atom stereocenters. The van der Waals surface area contributed by atoms with E-state index in [-0.39, 0.29) is 28.6 Å². The summed E-state index contributed by atoms with van der Waals surface area (Å²) in [6.07, 6.45) is -4.93. The van der Waals surface area contributed by atoms with Crippen molar-refractivity contribution in [3.05, 3.63) is 86.7 Å². The Labute approximate surface area is 279 Å². The number of anilines is 1. The minimum Gasteiger partial charge on any atom is -0.475 e. The Morgan fingerprint density at radius 2 is 1.71 bits per heavy atom. The molecule has 258 valence electrons. The lowest BCUT2D eigenvalue weighted by molar-refractivity contribution is -0.192. The highest BCUT2D eigenvalue weighted by atomic mass is 35.5. The Bertz CT molecular complexity index is 2150. The molecule has 2 heterocycles. The first kappa shape index (κ1) is 36.6. The second-order valence-electron chi connectivity index (χ2n) is 11.2. The lowest BCUT2D eigenvalue weighted by Gasteiger charge is -2.21. The zero-order valence-electron chi connectivity index (χ0n) is 26.2. The molecule has 0 aliphatic carbocycles. The number of carboxylic acid groups (broad SMARTS) is 1. The minimum absolute atomic E-state index is 0.102. The van der Waals surface area contributed by atoms with Crippen LogP contribution in [0.25, 0.3) is 11.0 Å². The number of amides is 1. The Balaban J connectivity index is 0.000000671. The molecule has 1 aromatic heterocycles. The zero-order valence-corrected chi connectivity index (χ0v) is 28.5. The lowest BCUT2D eigenvalue weighted by atomic mass is 10.00. The standard InChI is InChI=1S/C28H30ClN5O5S2.C2HF3O2/c1-15-6-8-22-23(10-15)31-28(30-22)24(32-40(36,37)26-11-16(2)17(3)18(4)19(26)5)13-20-7-9-25(21(29)12-20)34-14-27(35)33-41(34,38)39;3-2(4,5)1(6)7/h6-12,24,32H,13-14H2,1-5H3,(H,30,31)(H,33,35);(H,6,7)/t24-;/m0./s1. The SMILES string of the molecule is Cc1ccc2nc([C@H](Cc3ccc(N4CC(=O)NS4(=O)=O)c(Cl)c3)NS(=O)(=O)c3cc(C)c(C)c(C)c3C)[nH]c2c1.O=C(O)C(F)(F)F. The zero-order chi connectivity index (χ0) is 35.9. The molecule has 48 heavy (non-hydrogen) atoms. The van der Waals surface area contributed by atoms with E-state index in [1.807, 2.05) is 50.6 Å². The van der Waals surface area contributed by atoms with Crippen LogP contribution in [0.1, 0.15) is 45.2 Å². The van der Waals surface area contributed by atoms with Crippen molar-refractivity contribution in [1.82, 2.24) is 19.4 Å². The van der Waals surface area contributed by atoms with E-state index in [9.17, 15) is 34.8 Å². The number of aryl methyl sites for hydroxylation is 2. The van der Waals surface area contributed by atoms with Gasteiger partial charge in [0.1, 0.15) is 12.4 Å². The fourth-order valence-corrected chi connectivity index (χ4v) is 8.09. The summed E-state index contributed by atoms with van der Waals surface area (Å²) in [5, 5.41) is 7.23. The molecule has 0 radical (unpaired) electrons. The summed E-state index contributed by atoms with van der Waals surface area (Å²) in [4.78, 5) is 28.7. The number of carbonyl (C=O) groups is 2. The molecule has 3 aromatic carbocycles. The van der Waals surface area contributed by atoms with E-state index in [1.165, 1.54) is 6.07 Å². The van der Waals surface area contributed by atoms with Gasteiger partial charge in [-0.15, -0.1) is 0 Å². The lowest BCUT2D eigenvalue weighted by Crippen LogP contribution is -2.32. The monoisotopic (exact) mass is 729 g/mol. The van der Waals surface area contributed by atoms with Gasteiger partial charge in [0, 0.05) is 0 Å². The third-order valence-corrected chi connectivity index (χ3v) is 11.1. The van der Waals surface area contributed by atoms with Crippen molar-refractivity contribution < 1.29 is 44.7 Å². The second kappa shape index (κ2) is 13.4. The Kier molecular flexibility index (Phi) is 10.2. The van der Waals surface area contributed by atoms with Gasteiger partial charge in [-0.1, -0.05) is 23.7 Å². The molecule has 1 amide bonds. The summed E-state index contributed by atoms with van der Waals surface area (Å²) in [6.45, 7) is 9.12. The molecule has 1 fully saturated rings. The second-order valence-corrected chi connectivity index (χ2v) is 14.9. The predicted molar refractivity (Wildman–Crippen MR) is 173 cm³/mol. The van der Waals surface area contributed by atoms with Crippen LogP contribution >= 0.6 is 11.6 Å². The Hall–Kier alpha value is -4.19. The van der Waals surface area contributed by atoms with Gasteiger partial charge in [-0.3, -0.25) is 4.79 Å². The number of imidazole rings is 1. The number of nitrogens with zero attached hydrogens (tertiary/aromatic N) is 2. The Morgan fingerprint density at radius 3 is 2.27 bits per heavy atom. The number of H-pyrrole nitrogens is 1. The molecule has 4 aromatic rings. The molecular weight excluding hydrogens is 699 g/mol. The number of halogens is 4. The van der Waals surface area contributed by atoms with Crippen LogP contribution in [0.4, 0.5) is 18.9 Å². The van der Waals surface area contributed by atoms with Crippen molar-refractivity contribution in [2.75, 3.05) is 10.8 Å². The molecule has 0 unspecified atom stereocenters. The number of nitrogens with one attached hydrogen (secondary N) is 3. The van der Waals surface area contributed by atoms with E-state index in [1.54, 1.807) is 25.1 Å². The van der Waals surface area contributed by atoms with Crippen LogP contribution in [-0.2, 0) is 36.2 Å². The van der Waals surface area contributed by atoms with E-state index in [0.717, 1.165) is 32.1 Å². The maximum absolute atomic E-state index is 13.8. The molecule has 12 nitrogen and oxygen atoms in total.